The lowest BCUT2D eigenvalue weighted by Gasteiger charge is -2.18. The number of rotatable bonds is 53. The first-order valence-corrected chi connectivity index (χ1v) is 29.4. The molecule has 0 heterocycles. The molecule has 5 heteroatoms. The number of ether oxygens (including phenoxy) is 3. The standard InChI is InChI=1S/C65H110O5/c1-4-7-10-13-16-19-22-25-28-31-33-35-37-40-43-46-49-52-55-58-64(66)69-62-63(61-68-60-57-54-51-48-45-42-39-36-32-29-26-23-20-17-14-11-8-5-2)70-65(67)59-56-53-50-47-44-41-38-34-30-27-24-21-18-15-12-9-6-3/h7-8,10-11,16-21,25-30,33,35,63H,4-6,9,12-15,22-24,31-32,34,36-62H2,1-3H3/b10-7-,11-8-,19-16-,20-17-,21-18-,28-25-,29-26-,30-27-,35-33-. The number of esters is 2. The van der Waals surface area contributed by atoms with Crippen molar-refractivity contribution >= 4 is 11.9 Å². The van der Waals surface area contributed by atoms with Crippen LogP contribution in [-0.2, 0) is 23.8 Å². The Labute approximate surface area is 434 Å². The van der Waals surface area contributed by atoms with E-state index >= 15 is 0 Å². The second-order valence-corrected chi connectivity index (χ2v) is 19.1. The summed E-state index contributed by atoms with van der Waals surface area (Å²) >= 11 is 0. The lowest BCUT2D eigenvalue weighted by Crippen LogP contribution is -2.30. The predicted octanol–water partition coefficient (Wildman–Crippen LogP) is 20.3. The van der Waals surface area contributed by atoms with Crippen molar-refractivity contribution in [2.75, 3.05) is 19.8 Å². The molecule has 0 aliphatic rings. The molecule has 0 saturated heterocycles. The normalized spacial score (nSPS) is 13.0. The lowest BCUT2D eigenvalue weighted by molar-refractivity contribution is -0.163. The zero-order valence-electron chi connectivity index (χ0n) is 46.0. The van der Waals surface area contributed by atoms with Gasteiger partial charge in [0.1, 0.15) is 6.61 Å². The van der Waals surface area contributed by atoms with Gasteiger partial charge in [0.15, 0.2) is 6.10 Å². The molecule has 0 spiro atoms. The van der Waals surface area contributed by atoms with E-state index in [9.17, 15) is 9.59 Å². The number of carbonyl (C=O) groups is 2. The van der Waals surface area contributed by atoms with Crippen LogP contribution in [-0.4, -0.2) is 37.9 Å². The van der Waals surface area contributed by atoms with Crippen molar-refractivity contribution in [3.8, 4) is 0 Å². The zero-order valence-corrected chi connectivity index (χ0v) is 46.0. The average molecular weight is 972 g/mol. The average Bonchev–Trinajstić information content (AvgIpc) is 3.36. The highest BCUT2D eigenvalue weighted by molar-refractivity contribution is 5.70. The molecule has 0 aromatic heterocycles. The summed E-state index contributed by atoms with van der Waals surface area (Å²) in [6.07, 6.45) is 82.5. The fourth-order valence-corrected chi connectivity index (χ4v) is 7.96. The van der Waals surface area contributed by atoms with E-state index in [0.29, 0.717) is 19.4 Å². The summed E-state index contributed by atoms with van der Waals surface area (Å²) < 4.78 is 17.5. The van der Waals surface area contributed by atoms with Crippen LogP contribution in [0.4, 0.5) is 0 Å². The number of allylic oxidation sites excluding steroid dienone is 18. The molecule has 0 bridgehead atoms. The van der Waals surface area contributed by atoms with Gasteiger partial charge in [-0.3, -0.25) is 9.59 Å². The third kappa shape index (κ3) is 57.1. The summed E-state index contributed by atoms with van der Waals surface area (Å²) in [6, 6.07) is 0. The Balaban J connectivity index is 4.35. The Bertz CT molecular complexity index is 1380. The summed E-state index contributed by atoms with van der Waals surface area (Å²) in [5.74, 6) is -0.425. The van der Waals surface area contributed by atoms with Crippen LogP contribution < -0.4 is 0 Å². The minimum Gasteiger partial charge on any atom is -0.462 e. The molecule has 0 radical (unpaired) electrons. The first-order valence-electron chi connectivity index (χ1n) is 29.4. The smallest absolute Gasteiger partial charge is 0.306 e. The largest absolute Gasteiger partial charge is 0.462 e. The third-order valence-corrected chi connectivity index (χ3v) is 12.3. The first kappa shape index (κ1) is 66.6. The molecule has 400 valence electrons. The van der Waals surface area contributed by atoms with Crippen molar-refractivity contribution in [2.24, 2.45) is 0 Å². The van der Waals surface area contributed by atoms with Gasteiger partial charge in [0, 0.05) is 19.4 Å². The van der Waals surface area contributed by atoms with E-state index in [1.165, 1.54) is 122 Å². The Morgan fingerprint density at radius 3 is 1.03 bits per heavy atom. The lowest BCUT2D eigenvalue weighted by atomic mass is 10.1. The summed E-state index contributed by atoms with van der Waals surface area (Å²) in [5, 5.41) is 0. The summed E-state index contributed by atoms with van der Waals surface area (Å²) in [4.78, 5) is 25.6. The molecule has 1 unspecified atom stereocenters. The van der Waals surface area contributed by atoms with Crippen molar-refractivity contribution in [1.82, 2.24) is 0 Å². The summed E-state index contributed by atoms with van der Waals surface area (Å²) in [7, 11) is 0. The highest BCUT2D eigenvalue weighted by atomic mass is 16.6. The number of hydrogen-bond donors (Lipinski definition) is 0. The first-order chi connectivity index (χ1) is 34.6. The SMILES string of the molecule is CC/C=C\C/C=C\C/C=C\C/C=C\CCCCCCCCC(=O)OCC(COCCCCCCCCCC/C=C\C/C=C\C/C=C\CC)OC(=O)CCCCCCCCC/C=C\C/C=C\CCCCC. The summed E-state index contributed by atoms with van der Waals surface area (Å²) in [6.45, 7) is 7.55. The van der Waals surface area contributed by atoms with E-state index in [1.54, 1.807) is 0 Å². The quantitative estimate of drug-likeness (QED) is 0.0345. The van der Waals surface area contributed by atoms with Crippen LogP contribution in [0.3, 0.4) is 0 Å². The fraction of sp³-hybridized carbons (Fsp3) is 0.692. The molecule has 1 atom stereocenters. The molecule has 0 aliphatic heterocycles. The van der Waals surface area contributed by atoms with Crippen molar-refractivity contribution in [3.05, 3.63) is 109 Å². The highest BCUT2D eigenvalue weighted by Crippen LogP contribution is 2.14. The topological polar surface area (TPSA) is 61.8 Å². The summed E-state index contributed by atoms with van der Waals surface area (Å²) in [5.41, 5.74) is 0. The van der Waals surface area contributed by atoms with Gasteiger partial charge in [0.2, 0.25) is 0 Å². The number of unbranched alkanes of at least 4 members (excludes halogenated alkanes) is 24. The van der Waals surface area contributed by atoms with Gasteiger partial charge in [-0.15, -0.1) is 0 Å². The van der Waals surface area contributed by atoms with Gasteiger partial charge in [-0.05, 0) is 122 Å². The Morgan fingerprint density at radius 2 is 0.643 bits per heavy atom. The molecule has 0 aliphatic carbocycles. The molecular formula is C65H110O5. The van der Waals surface area contributed by atoms with E-state index in [4.69, 9.17) is 14.2 Å². The molecule has 5 nitrogen and oxygen atoms in total. The van der Waals surface area contributed by atoms with Crippen molar-refractivity contribution in [1.29, 1.82) is 0 Å². The Morgan fingerprint density at radius 1 is 0.329 bits per heavy atom. The Kier molecular flexibility index (Phi) is 56.9. The Hall–Kier alpha value is -3.44. The molecule has 0 aromatic rings. The number of hydrogen-bond acceptors (Lipinski definition) is 5. The molecule has 0 rings (SSSR count). The van der Waals surface area contributed by atoms with Gasteiger partial charge < -0.3 is 14.2 Å². The predicted molar refractivity (Wildman–Crippen MR) is 306 cm³/mol. The maximum Gasteiger partial charge on any atom is 0.306 e. The molecule has 0 fully saturated rings. The van der Waals surface area contributed by atoms with E-state index < -0.39 is 6.10 Å². The van der Waals surface area contributed by atoms with Gasteiger partial charge in [-0.2, -0.15) is 0 Å². The van der Waals surface area contributed by atoms with E-state index in [1.807, 2.05) is 0 Å². The maximum atomic E-state index is 12.9. The molecule has 0 amide bonds. The molecule has 0 N–H and O–H groups in total. The van der Waals surface area contributed by atoms with Crippen LogP contribution in [0.1, 0.15) is 265 Å². The van der Waals surface area contributed by atoms with Crippen LogP contribution in [0.15, 0.2) is 109 Å². The fourth-order valence-electron chi connectivity index (χ4n) is 7.96. The monoisotopic (exact) mass is 971 g/mol. The second-order valence-electron chi connectivity index (χ2n) is 19.1. The maximum absolute atomic E-state index is 12.9. The highest BCUT2D eigenvalue weighted by Gasteiger charge is 2.17. The number of carbonyl (C=O) groups excluding carboxylic acids is 2. The van der Waals surface area contributed by atoms with Gasteiger partial charge in [-0.25, -0.2) is 0 Å². The van der Waals surface area contributed by atoms with E-state index in [0.717, 1.165) is 109 Å². The van der Waals surface area contributed by atoms with Crippen LogP contribution >= 0.6 is 0 Å². The second kappa shape index (κ2) is 59.9. The van der Waals surface area contributed by atoms with Crippen LogP contribution in [0.25, 0.3) is 0 Å². The van der Waals surface area contributed by atoms with E-state index in [2.05, 4.69) is 130 Å². The molecule has 0 aromatic carbocycles. The van der Waals surface area contributed by atoms with Crippen molar-refractivity contribution in [2.45, 2.75) is 271 Å². The van der Waals surface area contributed by atoms with Crippen LogP contribution in [0, 0.1) is 0 Å². The van der Waals surface area contributed by atoms with Gasteiger partial charge >= 0.3 is 11.9 Å². The minimum absolute atomic E-state index is 0.0661. The van der Waals surface area contributed by atoms with Gasteiger partial charge in [0.25, 0.3) is 0 Å². The molecule has 0 saturated carbocycles. The van der Waals surface area contributed by atoms with Gasteiger partial charge in [-0.1, -0.05) is 239 Å². The zero-order chi connectivity index (χ0) is 50.6. The van der Waals surface area contributed by atoms with Crippen molar-refractivity contribution < 1.29 is 23.8 Å². The van der Waals surface area contributed by atoms with Gasteiger partial charge in [0.05, 0.1) is 6.61 Å². The van der Waals surface area contributed by atoms with E-state index in [-0.39, 0.29) is 25.2 Å². The van der Waals surface area contributed by atoms with Crippen LogP contribution in [0.5, 0.6) is 0 Å². The molecular weight excluding hydrogens is 861 g/mol. The van der Waals surface area contributed by atoms with Crippen LogP contribution in [0.2, 0.25) is 0 Å². The van der Waals surface area contributed by atoms with Crippen molar-refractivity contribution in [3.63, 3.8) is 0 Å². The minimum atomic E-state index is -0.559. The molecule has 70 heavy (non-hydrogen) atoms. The third-order valence-electron chi connectivity index (χ3n) is 12.3.